The molecule has 1 amide bonds. The number of methoxy groups -OCH3 is 1. The first-order valence-electron chi connectivity index (χ1n) is 9.50. The molecule has 12 heteroatoms. The molecule has 1 aliphatic carbocycles. The number of nitrogens with zero attached hydrogens (tertiary/aromatic N) is 4. The van der Waals surface area contributed by atoms with Gasteiger partial charge in [0.2, 0.25) is 11.7 Å². The highest BCUT2D eigenvalue weighted by atomic mass is 79.9. The first-order valence-corrected chi connectivity index (χ1v) is 11.2. The van der Waals surface area contributed by atoms with Crippen molar-refractivity contribution in [3.8, 4) is 5.88 Å². The number of β-lactam (4-membered cyclic amide) rings is 1. The number of aliphatic carboxylic acids is 1. The molecule has 4 heterocycles. The van der Waals surface area contributed by atoms with Gasteiger partial charge >= 0.3 is 11.9 Å². The maximum Gasteiger partial charge on any atom is 0.353 e. The molecule has 0 bridgehead atoms. The third kappa shape index (κ3) is 2.73. The molecule has 2 aliphatic heterocycles. The minimum absolute atomic E-state index is 0.101. The summed E-state index contributed by atoms with van der Waals surface area (Å²) in [5.41, 5.74) is 2.29. The number of esters is 1. The number of aryl methyl sites for hydroxylation is 1. The Morgan fingerprint density at radius 3 is 2.84 bits per heavy atom. The predicted octanol–water partition coefficient (Wildman–Crippen LogP) is 1.81. The molecule has 162 valence electrons. The van der Waals surface area contributed by atoms with E-state index in [9.17, 15) is 19.5 Å². The molecule has 3 atom stereocenters. The maximum atomic E-state index is 13.1. The molecule has 0 spiro atoms. The molecule has 31 heavy (non-hydrogen) atoms. The Morgan fingerprint density at radius 2 is 2.16 bits per heavy atom. The van der Waals surface area contributed by atoms with Crippen molar-refractivity contribution in [3.05, 3.63) is 34.3 Å². The Hall–Kier alpha value is -2.60. The normalized spacial score (nSPS) is 25.0. The largest absolute Gasteiger partial charge is 0.481 e. The summed E-state index contributed by atoms with van der Waals surface area (Å²) in [6.07, 6.45) is 3.29. The summed E-state index contributed by atoms with van der Waals surface area (Å²) in [5.74, 6) is -1.39. The van der Waals surface area contributed by atoms with Crippen LogP contribution in [-0.2, 0) is 32.0 Å². The number of carbonyl (C=O) groups excluding carboxylic acids is 2. The number of hydrogen-bond donors (Lipinski definition) is 1. The van der Waals surface area contributed by atoms with Crippen LogP contribution in [0.3, 0.4) is 0 Å². The number of carbonyl (C=O) groups is 3. The van der Waals surface area contributed by atoms with Gasteiger partial charge in [0, 0.05) is 29.8 Å². The van der Waals surface area contributed by atoms with Crippen molar-refractivity contribution in [2.75, 3.05) is 7.11 Å². The fourth-order valence-corrected chi connectivity index (χ4v) is 6.64. The van der Waals surface area contributed by atoms with Crippen molar-refractivity contribution < 1.29 is 29.0 Å². The van der Waals surface area contributed by atoms with E-state index in [4.69, 9.17) is 9.47 Å². The zero-order valence-corrected chi connectivity index (χ0v) is 18.9. The van der Waals surface area contributed by atoms with Gasteiger partial charge in [-0.15, -0.1) is 11.8 Å². The van der Waals surface area contributed by atoms with Gasteiger partial charge in [-0.25, -0.2) is 9.78 Å². The van der Waals surface area contributed by atoms with Crippen LogP contribution in [0.2, 0.25) is 0 Å². The zero-order chi connectivity index (χ0) is 22.1. The quantitative estimate of drug-likeness (QED) is 0.365. The Kier molecular flexibility index (Phi) is 4.56. The van der Waals surface area contributed by atoms with Gasteiger partial charge in [0.15, 0.2) is 10.4 Å². The topological polar surface area (TPSA) is 123 Å². The van der Waals surface area contributed by atoms with Crippen LogP contribution in [0.5, 0.6) is 5.88 Å². The molecule has 10 nitrogen and oxygen atoms in total. The first kappa shape index (κ1) is 20.3. The predicted molar refractivity (Wildman–Crippen MR) is 112 cm³/mol. The van der Waals surface area contributed by atoms with E-state index in [2.05, 4.69) is 25.9 Å². The maximum absolute atomic E-state index is 13.1. The number of thioether (sulfide) groups is 1. The molecule has 1 N–H and O–H groups in total. The standard InChI is InChI=1S/C19H17BrN4O6S/c1-8(25)30-13(19(20)16(28)24-12(15(26)27)7-31-17(19)24)10-6-23-11-5-3-4-9(11)14(29-2)22-18(23)21-10/h6-7,13,17H,3-5H2,1-2H3,(H,26,27). The van der Waals surface area contributed by atoms with Crippen LogP contribution in [0.1, 0.15) is 36.4 Å². The van der Waals surface area contributed by atoms with Gasteiger partial charge in [0.05, 0.1) is 7.11 Å². The second-order valence-electron chi connectivity index (χ2n) is 7.47. The van der Waals surface area contributed by atoms with Crippen molar-refractivity contribution in [2.24, 2.45) is 0 Å². The SMILES string of the molecule is COc1nc2nc(C(OC(C)=O)C3(Br)C(=O)N4C(C(=O)O)=CSC43)cn2c2c1CCC2. The highest BCUT2D eigenvalue weighted by Crippen LogP contribution is 2.57. The number of amides is 1. The summed E-state index contributed by atoms with van der Waals surface area (Å²) in [4.78, 5) is 46.7. The number of ether oxygens (including phenoxy) is 2. The number of fused-ring (bicyclic) bond motifs is 4. The van der Waals surface area contributed by atoms with Gasteiger partial charge in [-0.05, 0) is 19.3 Å². The summed E-state index contributed by atoms with van der Waals surface area (Å²) < 4.78 is 11.5. The van der Waals surface area contributed by atoms with Crippen molar-refractivity contribution in [1.82, 2.24) is 19.3 Å². The monoisotopic (exact) mass is 508 g/mol. The van der Waals surface area contributed by atoms with Crippen molar-refractivity contribution >= 4 is 51.3 Å². The van der Waals surface area contributed by atoms with Crippen LogP contribution in [0.15, 0.2) is 17.3 Å². The van der Waals surface area contributed by atoms with E-state index >= 15 is 0 Å². The third-order valence-electron chi connectivity index (χ3n) is 5.70. The molecule has 5 rings (SSSR count). The molecule has 3 unspecified atom stereocenters. The molecular weight excluding hydrogens is 492 g/mol. The van der Waals surface area contributed by atoms with Crippen LogP contribution in [0, 0.1) is 0 Å². The lowest BCUT2D eigenvalue weighted by Crippen LogP contribution is -2.70. The minimum atomic E-state index is -1.36. The molecule has 1 fully saturated rings. The summed E-state index contributed by atoms with van der Waals surface area (Å²) in [6.45, 7) is 1.25. The zero-order valence-electron chi connectivity index (χ0n) is 16.5. The lowest BCUT2D eigenvalue weighted by Gasteiger charge is -2.51. The molecular formula is C19H17BrN4O6S. The lowest BCUT2D eigenvalue weighted by atomic mass is 9.89. The van der Waals surface area contributed by atoms with Crippen LogP contribution < -0.4 is 4.74 Å². The second-order valence-corrected chi connectivity index (χ2v) is 9.73. The van der Waals surface area contributed by atoms with E-state index < -0.39 is 33.6 Å². The van der Waals surface area contributed by atoms with Gasteiger partial charge in [0.25, 0.3) is 5.91 Å². The van der Waals surface area contributed by atoms with Crippen molar-refractivity contribution in [2.45, 2.75) is 42.0 Å². The number of carboxylic acids is 1. The number of aromatic nitrogens is 3. The summed E-state index contributed by atoms with van der Waals surface area (Å²) in [7, 11) is 1.56. The van der Waals surface area contributed by atoms with E-state index in [1.54, 1.807) is 13.3 Å². The summed E-state index contributed by atoms with van der Waals surface area (Å²) in [6, 6.07) is 0. The number of rotatable bonds is 5. The van der Waals surface area contributed by atoms with E-state index in [0.717, 1.165) is 30.5 Å². The first-order chi connectivity index (χ1) is 14.8. The van der Waals surface area contributed by atoms with Gasteiger partial charge < -0.3 is 14.6 Å². The Morgan fingerprint density at radius 1 is 1.39 bits per heavy atom. The fraction of sp³-hybridized carbons (Fsp3) is 0.421. The van der Waals surface area contributed by atoms with Gasteiger partial charge in [0.1, 0.15) is 16.8 Å². The highest BCUT2D eigenvalue weighted by Gasteiger charge is 2.69. The number of alkyl halides is 1. The Bertz CT molecular complexity index is 1200. The van der Waals surface area contributed by atoms with Gasteiger partial charge in [-0.1, -0.05) is 15.9 Å². The lowest BCUT2D eigenvalue weighted by molar-refractivity contribution is -0.162. The Balaban J connectivity index is 1.59. The molecule has 1 saturated heterocycles. The molecule has 0 aromatic carbocycles. The third-order valence-corrected chi connectivity index (χ3v) is 8.39. The van der Waals surface area contributed by atoms with Crippen LogP contribution >= 0.6 is 27.7 Å². The molecule has 3 aliphatic rings. The highest BCUT2D eigenvalue weighted by molar-refractivity contribution is 9.10. The molecule has 2 aromatic rings. The Labute approximate surface area is 188 Å². The van der Waals surface area contributed by atoms with Gasteiger partial charge in [-0.2, -0.15) is 4.98 Å². The molecule has 0 saturated carbocycles. The van der Waals surface area contributed by atoms with Crippen LogP contribution in [-0.4, -0.2) is 59.0 Å². The number of carboxylic acid groups (broad SMARTS) is 1. The minimum Gasteiger partial charge on any atom is -0.481 e. The van der Waals surface area contributed by atoms with E-state index in [1.807, 2.05) is 4.40 Å². The number of halogens is 1. The van der Waals surface area contributed by atoms with Crippen molar-refractivity contribution in [3.63, 3.8) is 0 Å². The summed E-state index contributed by atoms with van der Waals surface area (Å²) >= 11 is 4.66. The number of hydrogen-bond acceptors (Lipinski definition) is 8. The fourth-order valence-electron chi connectivity index (χ4n) is 4.37. The average Bonchev–Trinajstić information content (AvgIpc) is 3.46. The van der Waals surface area contributed by atoms with Crippen LogP contribution in [0.4, 0.5) is 0 Å². The van der Waals surface area contributed by atoms with E-state index in [-0.39, 0.29) is 5.70 Å². The number of imidazole rings is 1. The molecule has 0 radical (unpaired) electrons. The smallest absolute Gasteiger partial charge is 0.353 e. The van der Waals surface area contributed by atoms with E-state index in [0.29, 0.717) is 17.4 Å². The van der Waals surface area contributed by atoms with E-state index in [1.165, 1.54) is 29.0 Å². The molecule has 2 aromatic heterocycles. The average molecular weight is 509 g/mol. The summed E-state index contributed by atoms with van der Waals surface area (Å²) in [5, 5.41) is 10.2. The van der Waals surface area contributed by atoms with Crippen LogP contribution in [0.25, 0.3) is 5.78 Å². The van der Waals surface area contributed by atoms with Gasteiger partial charge in [-0.3, -0.25) is 18.9 Å². The second kappa shape index (κ2) is 6.95. The van der Waals surface area contributed by atoms with Crippen molar-refractivity contribution in [1.29, 1.82) is 0 Å².